The first-order valence-electron chi connectivity index (χ1n) is 9.29. The number of aryl methyl sites for hydroxylation is 2. The van der Waals surface area contributed by atoms with Crippen LogP contribution in [0.5, 0.6) is 0 Å². The number of aromatic nitrogens is 3. The Morgan fingerprint density at radius 3 is 2.60 bits per heavy atom. The molecule has 0 aliphatic carbocycles. The van der Waals surface area contributed by atoms with Crippen LogP contribution in [0.3, 0.4) is 0 Å². The Balaban J connectivity index is 1.68. The van der Waals surface area contributed by atoms with Crippen LogP contribution >= 0.6 is 23.8 Å². The molecule has 3 rings (SSSR count). The van der Waals surface area contributed by atoms with Crippen LogP contribution in [0.4, 0.5) is 5.69 Å². The number of nitrogens with zero attached hydrogens (tertiary/aromatic N) is 3. The van der Waals surface area contributed by atoms with Gasteiger partial charge in [0.15, 0.2) is 10.6 Å². The van der Waals surface area contributed by atoms with Crippen LogP contribution in [0, 0.1) is 18.6 Å². The van der Waals surface area contributed by atoms with Crippen LogP contribution in [0.15, 0.2) is 42.5 Å². The van der Waals surface area contributed by atoms with E-state index >= 15 is 0 Å². The third kappa shape index (κ3) is 4.95. The molecule has 3 aromatic rings. The molecule has 2 N–H and O–H groups in total. The van der Waals surface area contributed by atoms with Crippen molar-refractivity contribution in [3.8, 4) is 0 Å². The van der Waals surface area contributed by atoms with E-state index in [4.69, 9.17) is 23.8 Å². The van der Waals surface area contributed by atoms with Crippen molar-refractivity contribution in [1.82, 2.24) is 19.7 Å². The van der Waals surface area contributed by atoms with Crippen molar-refractivity contribution in [3.05, 3.63) is 74.8 Å². The average Bonchev–Trinajstić information content (AvgIpc) is 2.97. The number of carbonyl (C=O) groups excluding carboxylic acids is 2. The molecule has 0 radical (unpaired) electrons. The summed E-state index contributed by atoms with van der Waals surface area (Å²) in [6.45, 7) is 3.90. The zero-order valence-electron chi connectivity index (χ0n) is 16.9. The van der Waals surface area contributed by atoms with Gasteiger partial charge in [0, 0.05) is 23.3 Å². The van der Waals surface area contributed by atoms with Crippen LogP contribution in [-0.4, -0.2) is 26.2 Å². The molecular weight excluding hydrogens is 422 g/mol. The van der Waals surface area contributed by atoms with Crippen molar-refractivity contribution in [2.24, 2.45) is 7.05 Å². The SMILES string of the molecule is Cc1ccc(Cl)cc1NC(=O)Cn1nc(CNC(=O)c2ccccc2C)n(C)c1=S. The number of carbonyl (C=O) groups is 2. The highest BCUT2D eigenvalue weighted by Gasteiger charge is 2.14. The maximum Gasteiger partial charge on any atom is 0.251 e. The predicted molar refractivity (Wildman–Crippen MR) is 119 cm³/mol. The van der Waals surface area contributed by atoms with Gasteiger partial charge in [-0.2, -0.15) is 5.10 Å². The molecule has 156 valence electrons. The van der Waals surface area contributed by atoms with Gasteiger partial charge in [-0.15, -0.1) is 0 Å². The number of anilines is 1. The molecule has 0 bridgehead atoms. The lowest BCUT2D eigenvalue weighted by Gasteiger charge is -2.08. The van der Waals surface area contributed by atoms with E-state index < -0.39 is 0 Å². The first kappa shape index (κ1) is 21.7. The molecule has 1 heterocycles. The lowest BCUT2D eigenvalue weighted by molar-refractivity contribution is -0.116. The van der Waals surface area contributed by atoms with E-state index in [9.17, 15) is 9.59 Å². The summed E-state index contributed by atoms with van der Waals surface area (Å²) in [7, 11) is 1.75. The number of benzene rings is 2. The van der Waals surface area contributed by atoms with Gasteiger partial charge in [-0.3, -0.25) is 9.59 Å². The van der Waals surface area contributed by atoms with E-state index in [1.165, 1.54) is 4.68 Å². The van der Waals surface area contributed by atoms with Gasteiger partial charge < -0.3 is 15.2 Å². The molecule has 1 aromatic heterocycles. The molecule has 2 amide bonds. The molecule has 0 aliphatic heterocycles. The van der Waals surface area contributed by atoms with Crippen molar-refractivity contribution >= 4 is 41.3 Å². The van der Waals surface area contributed by atoms with Gasteiger partial charge in [-0.1, -0.05) is 35.9 Å². The van der Waals surface area contributed by atoms with Gasteiger partial charge >= 0.3 is 0 Å². The number of amides is 2. The zero-order valence-corrected chi connectivity index (χ0v) is 18.5. The molecule has 0 saturated heterocycles. The summed E-state index contributed by atoms with van der Waals surface area (Å²) in [5.41, 5.74) is 3.04. The number of nitrogens with one attached hydrogen (secondary N) is 2. The quantitative estimate of drug-likeness (QED) is 0.568. The highest BCUT2D eigenvalue weighted by Crippen LogP contribution is 2.20. The van der Waals surface area contributed by atoms with Crippen LogP contribution in [0.1, 0.15) is 27.3 Å². The smallest absolute Gasteiger partial charge is 0.251 e. The summed E-state index contributed by atoms with van der Waals surface area (Å²) >= 11 is 11.4. The maximum atomic E-state index is 12.5. The maximum absolute atomic E-state index is 12.5. The average molecular weight is 444 g/mol. The molecule has 0 spiro atoms. The summed E-state index contributed by atoms with van der Waals surface area (Å²) in [5, 5.41) is 10.6. The van der Waals surface area contributed by atoms with Gasteiger partial charge in [0.2, 0.25) is 5.91 Å². The van der Waals surface area contributed by atoms with Crippen molar-refractivity contribution < 1.29 is 9.59 Å². The fourth-order valence-electron chi connectivity index (χ4n) is 2.93. The van der Waals surface area contributed by atoms with Crippen molar-refractivity contribution in [1.29, 1.82) is 0 Å². The van der Waals surface area contributed by atoms with E-state index in [2.05, 4.69) is 15.7 Å². The molecule has 7 nitrogen and oxygen atoms in total. The van der Waals surface area contributed by atoms with Crippen LogP contribution in [0.2, 0.25) is 5.02 Å². The Morgan fingerprint density at radius 1 is 1.13 bits per heavy atom. The molecular formula is C21H22ClN5O2S. The van der Waals surface area contributed by atoms with Gasteiger partial charge in [0.1, 0.15) is 6.54 Å². The van der Waals surface area contributed by atoms with Gasteiger partial charge in [0.05, 0.1) is 6.54 Å². The number of hydrogen-bond acceptors (Lipinski definition) is 4. The van der Waals surface area contributed by atoms with Gasteiger partial charge in [0.25, 0.3) is 5.91 Å². The Labute approximate surface area is 184 Å². The Kier molecular flexibility index (Phi) is 6.69. The molecule has 30 heavy (non-hydrogen) atoms. The second-order valence-electron chi connectivity index (χ2n) is 6.92. The fourth-order valence-corrected chi connectivity index (χ4v) is 3.31. The zero-order chi connectivity index (χ0) is 21.8. The Hall–Kier alpha value is -2.97. The van der Waals surface area contributed by atoms with E-state index in [1.807, 2.05) is 38.1 Å². The third-order valence-corrected chi connectivity index (χ3v) is 5.41. The van der Waals surface area contributed by atoms with Gasteiger partial charge in [-0.25, -0.2) is 4.68 Å². The third-order valence-electron chi connectivity index (χ3n) is 4.69. The van der Waals surface area contributed by atoms with E-state index in [0.717, 1.165) is 11.1 Å². The van der Waals surface area contributed by atoms with Crippen molar-refractivity contribution in [2.45, 2.75) is 26.9 Å². The molecule has 0 aliphatic rings. The second-order valence-corrected chi connectivity index (χ2v) is 7.72. The standard InChI is InChI=1S/C21H22ClN5O2S/c1-13-6-4-5-7-16(13)20(29)23-11-18-25-27(21(30)26(18)3)12-19(28)24-17-10-15(22)9-8-14(17)2/h4-10H,11-12H2,1-3H3,(H,23,29)(H,24,28). The van der Waals surface area contributed by atoms with Crippen molar-refractivity contribution in [3.63, 3.8) is 0 Å². The summed E-state index contributed by atoms with van der Waals surface area (Å²) in [6.07, 6.45) is 0. The Morgan fingerprint density at radius 2 is 1.87 bits per heavy atom. The van der Waals surface area contributed by atoms with E-state index in [0.29, 0.717) is 26.9 Å². The minimum atomic E-state index is -0.273. The first-order valence-corrected chi connectivity index (χ1v) is 10.1. The topological polar surface area (TPSA) is 81.0 Å². The summed E-state index contributed by atoms with van der Waals surface area (Å²) in [6, 6.07) is 12.6. The molecule has 0 saturated carbocycles. The normalized spacial score (nSPS) is 10.7. The second kappa shape index (κ2) is 9.23. The van der Waals surface area contributed by atoms with Crippen LogP contribution in [-0.2, 0) is 24.9 Å². The molecule has 0 atom stereocenters. The number of hydrogen-bond donors (Lipinski definition) is 2. The fraction of sp³-hybridized carbons (Fsp3) is 0.238. The predicted octanol–water partition coefficient (Wildman–Crippen LogP) is 3.79. The minimum absolute atomic E-state index is 0.0512. The van der Waals surface area contributed by atoms with E-state index in [-0.39, 0.29) is 24.9 Å². The van der Waals surface area contributed by atoms with E-state index in [1.54, 1.807) is 29.8 Å². The Bertz CT molecular complexity index is 1170. The molecule has 0 unspecified atom stereocenters. The molecule has 0 fully saturated rings. The monoisotopic (exact) mass is 443 g/mol. The largest absolute Gasteiger partial charge is 0.345 e. The highest BCUT2D eigenvalue weighted by atomic mass is 35.5. The lowest BCUT2D eigenvalue weighted by atomic mass is 10.1. The highest BCUT2D eigenvalue weighted by molar-refractivity contribution is 7.71. The van der Waals surface area contributed by atoms with Gasteiger partial charge in [-0.05, 0) is 55.4 Å². The van der Waals surface area contributed by atoms with Crippen molar-refractivity contribution in [2.75, 3.05) is 5.32 Å². The number of rotatable bonds is 6. The van der Waals surface area contributed by atoms with Crippen LogP contribution in [0.25, 0.3) is 0 Å². The molecule has 2 aromatic carbocycles. The minimum Gasteiger partial charge on any atom is -0.345 e. The number of halogens is 1. The first-order chi connectivity index (χ1) is 14.3. The summed E-state index contributed by atoms with van der Waals surface area (Å²) in [5.74, 6) is 0.0847. The summed E-state index contributed by atoms with van der Waals surface area (Å²) < 4.78 is 3.48. The molecule has 9 heteroatoms. The lowest BCUT2D eigenvalue weighted by Crippen LogP contribution is -2.25. The summed E-state index contributed by atoms with van der Waals surface area (Å²) in [4.78, 5) is 24.9. The van der Waals surface area contributed by atoms with Crippen LogP contribution < -0.4 is 10.6 Å².